The van der Waals surface area contributed by atoms with Gasteiger partial charge in [0, 0.05) is 11.1 Å². The molecule has 0 atom stereocenters. The number of benzene rings is 2. The Labute approximate surface area is 202 Å². The fourth-order valence-corrected chi connectivity index (χ4v) is 2.81. The molecule has 2 rings (SSSR count). The van der Waals surface area contributed by atoms with Crippen LogP contribution in [0.5, 0.6) is 5.75 Å². The van der Waals surface area contributed by atoms with Crippen LogP contribution in [-0.4, -0.2) is 48.9 Å². The summed E-state index contributed by atoms with van der Waals surface area (Å²) in [5.74, 6) is -2.86. The molecule has 4 N–H and O–H groups in total. The van der Waals surface area contributed by atoms with Crippen molar-refractivity contribution >= 4 is 35.7 Å². The van der Waals surface area contributed by atoms with Gasteiger partial charge in [-0.2, -0.15) is 0 Å². The minimum absolute atomic E-state index is 0.0396. The minimum atomic E-state index is -1.58. The van der Waals surface area contributed by atoms with Gasteiger partial charge in [0.05, 0.1) is 18.8 Å². The molecular weight excluding hydrogens is 454 g/mol. The number of nitrogen functional groups attached to an aromatic ring is 1. The zero-order chi connectivity index (χ0) is 26.0. The standard InChI is InChI=1S/C25H27N3O7/c1-4-33-24(31)20(25(32)34-5-2)28-22(29)15(3)14-16-6-8-18(9-7-16)23(30)35-19-12-10-17(11-13-19)21(26)27/h6-14,20H,4-5H2,1-3H3,(H3,26,27)(H,28,29). The molecule has 0 aliphatic heterocycles. The first-order chi connectivity index (χ1) is 16.7. The Kier molecular flexibility index (Phi) is 9.71. The third kappa shape index (κ3) is 7.81. The van der Waals surface area contributed by atoms with Gasteiger partial charge < -0.3 is 25.3 Å². The number of amidine groups is 1. The molecule has 184 valence electrons. The van der Waals surface area contributed by atoms with Crippen LogP contribution >= 0.6 is 0 Å². The van der Waals surface area contributed by atoms with Crippen molar-refractivity contribution in [2.24, 2.45) is 5.73 Å². The van der Waals surface area contributed by atoms with Crippen molar-refractivity contribution in [1.29, 1.82) is 5.41 Å². The highest BCUT2D eigenvalue weighted by Gasteiger charge is 2.31. The van der Waals surface area contributed by atoms with Crippen molar-refractivity contribution in [3.05, 3.63) is 70.8 Å². The second-order valence-electron chi connectivity index (χ2n) is 7.19. The number of hydrogen-bond acceptors (Lipinski definition) is 8. The fraction of sp³-hybridized carbons (Fsp3) is 0.240. The number of nitrogens with two attached hydrogens (primary N) is 1. The number of ether oxygens (including phenoxy) is 3. The van der Waals surface area contributed by atoms with Gasteiger partial charge in [0.1, 0.15) is 11.6 Å². The van der Waals surface area contributed by atoms with E-state index in [1.807, 2.05) is 0 Å². The summed E-state index contributed by atoms with van der Waals surface area (Å²) in [6.07, 6.45) is 1.53. The summed E-state index contributed by atoms with van der Waals surface area (Å²) in [7, 11) is 0. The quantitative estimate of drug-likeness (QED) is 0.116. The van der Waals surface area contributed by atoms with Crippen molar-refractivity contribution in [1.82, 2.24) is 5.32 Å². The molecule has 10 nitrogen and oxygen atoms in total. The molecule has 0 saturated carbocycles. The SMILES string of the molecule is CCOC(=O)C(NC(=O)C(C)=Cc1ccc(C(=O)Oc2ccc(C(=N)N)cc2)cc1)C(=O)OCC. The van der Waals surface area contributed by atoms with Gasteiger partial charge in [-0.25, -0.2) is 14.4 Å². The molecule has 1 amide bonds. The van der Waals surface area contributed by atoms with E-state index < -0.39 is 29.9 Å². The lowest BCUT2D eigenvalue weighted by atomic mass is 10.1. The van der Waals surface area contributed by atoms with Crippen molar-refractivity contribution in [2.45, 2.75) is 26.8 Å². The zero-order valence-corrected chi connectivity index (χ0v) is 19.6. The Morgan fingerprint density at radius 2 is 1.43 bits per heavy atom. The molecule has 0 aliphatic carbocycles. The summed E-state index contributed by atoms with van der Waals surface area (Å²) < 4.78 is 15.0. The highest BCUT2D eigenvalue weighted by atomic mass is 16.6. The highest BCUT2D eigenvalue weighted by Crippen LogP contribution is 2.15. The Hall–Kier alpha value is -4.47. The van der Waals surface area contributed by atoms with Gasteiger partial charge >= 0.3 is 17.9 Å². The molecule has 0 spiro atoms. The molecule has 10 heteroatoms. The van der Waals surface area contributed by atoms with Gasteiger partial charge in [0.15, 0.2) is 0 Å². The zero-order valence-electron chi connectivity index (χ0n) is 19.6. The van der Waals surface area contributed by atoms with Crippen LogP contribution < -0.4 is 15.8 Å². The maximum Gasteiger partial charge on any atom is 0.343 e. The average Bonchev–Trinajstić information content (AvgIpc) is 2.83. The lowest BCUT2D eigenvalue weighted by molar-refractivity contribution is -0.159. The second-order valence-corrected chi connectivity index (χ2v) is 7.19. The van der Waals surface area contributed by atoms with Crippen LogP contribution in [-0.2, 0) is 23.9 Å². The Bertz CT molecular complexity index is 1100. The maximum atomic E-state index is 12.5. The molecule has 0 radical (unpaired) electrons. The number of carbonyl (C=O) groups is 4. The molecule has 0 bridgehead atoms. The van der Waals surface area contributed by atoms with E-state index in [0.717, 1.165) is 0 Å². The van der Waals surface area contributed by atoms with Crippen LogP contribution in [0.2, 0.25) is 0 Å². The molecular formula is C25H27N3O7. The molecule has 0 heterocycles. The summed E-state index contributed by atoms with van der Waals surface area (Å²) >= 11 is 0. The summed E-state index contributed by atoms with van der Waals surface area (Å²) in [4.78, 5) is 49.0. The van der Waals surface area contributed by atoms with Crippen LogP contribution in [0.3, 0.4) is 0 Å². The lowest BCUT2D eigenvalue weighted by Gasteiger charge is -2.16. The van der Waals surface area contributed by atoms with Crippen LogP contribution in [0.4, 0.5) is 0 Å². The number of amides is 1. The van der Waals surface area contributed by atoms with Crippen molar-refractivity contribution in [3.8, 4) is 5.75 Å². The van der Waals surface area contributed by atoms with E-state index in [1.165, 1.54) is 37.3 Å². The van der Waals surface area contributed by atoms with E-state index in [-0.39, 0.29) is 30.2 Å². The van der Waals surface area contributed by atoms with Gasteiger partial charge in [-0.05, 0) is 68.8 Å². The van der Waals surface area contributed by atoms with E-state index in [9.17, 15) is 19.2 Å². The number of nitrogens with one attached hydrogen (secondary N) is 2. The van der Waals surface area contributed by atoms with Crippen LogP contribution in [0.15, 0.2) is 54.1 Å². The summed E-state index contributed by atoms with van der Waals surface area (Å²) in [5.41, 5.74) is 7.01. The average molecular weight is 482 g/mol. The lowest BCUT2D eigenvalue weighted by Crippen LogP contribution is -2.48. The Balaban J connectivity index is 2.06. The third-order valence-corrected chi connectivity index (χ3v) is 4.58. The Morgan fingerprint density at radius 1 is 0.914 bits per heavy atom. The molecule has 0 unspecified atom stereocenters. The van der Waals surface area contributed by atoms with Crippen LogP contribution in [0, 0.1) is 5.41 Å². The number of carbonyl (C=O) groups excluding carboxylic acids is 4. The van der Waals surface area contributed by atoms with E-state index >= 15 is 0 Å². The molecule has 0 aromatic heterocycles. The topological polar surface area (TPSA) is 158 Å². The summed E-state index contributed by atoms with van der Waals surface area (Å²) in [6.45, 7) is 4.75. The highest BCUT2D eigenvalue weighted by molar-refractivity contribution is 6.06. The molecule has 0 aliphatic rings. The maximum absolute atomic E-state index is 12.5. The smallest absolute Gasteiger partial charge is 0.343 e. The van der Waals surface area contributed by atoms with Gasteiger partial charge in [-0.3, -0.25) is 10.2 Å². The largest absolute Gasteiger partial charge is 0.464 e. The predicted molar refractivity (Wildman–Crippen MR) is 128 cm³/mol. The van der Waals surface area contributed by atoms with E-state index in [0.29, 0.717) is 16.9 Å². The van der Waals surface area contributed by atoms with Gasteiger partial charge in [-0.15, -0.1) is 0 Å². The molecule has 0 fully saturated rings. The van der Waals surface area contributed by atoms with Gasteiger partial charge in [0.2, 0.25) is 11.9 Å². The van der Waals surface area contributed by atoms with Crippen molar-refractivity contribution < 1.29 is 33.4 Å². The first kappa shape index (κ1) is 26.8. The van der Waals surface area contributed by atoms with Crippen LogP contribution in [0.1, 0.15) is 42.3 Å². The van der Waals surface area contributed by atoms with E-state index in [1.54, 1.807) is 38.1 Å². The Morgan fingerprint density at radius 3 is 1.91 bits per heavy atom. The molecule has 2 aromatic rings. The van der Waals surface area contributed by atoms with Gasteiger partial charge in [-0.1, -0.05) is 12.1 Å². The summed E-state index contributed by atoms with van der Waals surface area (Å²) in [6, 6.07) is 10.9. The molecule has 35 heavy (non-hydrogen) atoms. The first-order valence-corrected chi connectivity index (χ1v) is 10.7. The normalized spacial score (nSPS) is 10.9. The third-order valence-electron chi connectivity index (χ3n) is 4.58. The number of rotatable bonds is 10. The molecule has 2 aromatic carbocycles. The minimum Gasteiger partial charge on any atom is -0.464 e. The number of esters is 3. The van der Waals surface area contributed by atoms with E-state index in [4.69, 9.17) is 25.4 Å². The second kappa shape index (κ2) is 12.7. The number of hydrogen-bond donors (Lipinski definition) is 3. The van der Waals surface area contributed by atoms with Gasteiger partial charge in [0.25, 0.3) is 0 Å². The van der Waals surface area contributed by atoms with E-state index in [2.05, 4.69) is 5.32 Å². The monoisotopic (exact) mass is 481 g/mol. The van der Waals surface area contributed by atoms with Crippen molar-refractivity contribution in [3.63, 3.8) is 0 Å². The molecule has 0 saturated heterocycles. The first-order valence-electron chi connectivity index (χ1n) is 10.7. The predicted octanol–water partition coefficient (Wildman–Crippen LogP) is 2.20. The van der Waals surface area contributed by atoms with Crippen LogP contribution in [0.25, 0.3) is 6.08 Å². The fourth-order valence-electron chi connectivity index (χ4n) is 2.81. The van der Waals surface area contributed by atoms with Crippen molar-refractivity contribution in [2.75, 3.05) is 13.2 Å². The summed E-state index contributed by atoms with van der Waals surface area (Å²) in [5, 5.41) is 9.70.